The Bertz CT molecular complexity index is 886. The van der Waals surface area contributed by atoms with Crippen LogP contribution in [0.3, 0.4) is 0 Å². The summed E-state index contributed by atoms with van der Waals surface area (Å²) in [6.07, 6.45) is 7.04. The first-order valence-electron chi connectivity index (χ1n) is 9.74. The van der Waals surface area contributed by atoms with Gasteiger partial charge < -0.3 is 19.5 Å². The van der Waals surface area contributed by atoms with Crippen LogP contribution >= 0.6 is 0 Å². The molecule has 2 aromatic heterocycles. The Hall–Kier alpha value is -3.09. The highest BCUT2D eigenvalue weighted by Gasteiger charge is 2.12. The average molecular weight is 379 g/mol. The Kier molecular flexibility index (Phi) is 5.70. The summed E-state index contributed by atoms with van der Waals surface area (Å²) in [5.41, 5.74) is 1.92. The Morgan fingerprint density at radius 1 is 1.11 bits per heavy atom. The van der Waals surface area contributed by atoms with Gasteiger partial charge in [-0.3, -0.25) is 0 Å². The Labute approximate surface area is 164 Å². The van der Waals surface area contributed by atoms with Gasteiger partial charge in [0.05, 0.1) is 7.11 Å². The number of rotatable bonds is 6. The van der Waals surface area contributed by atoms with Crippen molar-refractivity contribution in [3.8, 4) is 17.1 Å². The molecule has 1 aromatic carbocycles. The number of hydrogen-bond donors (Lipinski definition) is 1. The molecule has 4 rings (SSSR count). The number of benzene rings is 1. The van der Waals surface area contributed by atoms with Gasteiger partial charge in [-0.05, 0) is 36.6 Å². The Balaban J connectivity index is 1.36. The van der Waals surface area contributed by atoms with Crippen molar-refractivity contribution in [1.29, 1.82) is 0 Å². The van der Waals surface area contributed by atoms with Crippen LogP contribution in [0.15, 0.2) is 47.1 Å². The first-order valence-corrected chi connectivity index (χ1v) is 9.74. The van der Waals surface area contributed by atoms with Gasteiger partial charge in [0.1, 0.15) is 11.6 Å². The Morgan fingerprint density at radius 2 is 1.96 bits per heavy atom. The van der Waals surface area contributed by atoms with Crippen LogP contribution < -0.4 is 15.0 Å². The van der Waals surface area contributed by atoms with E-state index in [9.17, 15) is 0 Å². The molecule has 1 saturated heterocycles. The molecule has 3 aromatic rings. The minimum absolute atomic E-state index is 0.384. The average Bonchev–Trinajstić information content (AvgIpc) is 3.06. The number of nitrogens with zero attached hydrogens (tertiary/aromatic N) is 4. The lowest BCUT2D eigenvalue weighted by Crippen LogP contribution is -2.24. The quantitative estimate of drug-likeness (QED) is 0.690. The maximum atomic E-state index is 5.31. The van der Waals surface area contributed by atoms with Gasteiger partial charge in [0.25, 0.3) is 0 Å². The maximum absolute atomic E-state index is 5.31. The zero-order chi connectivity index (χ0) is 19.2. The predicted molar refractivity (Wildman–Crippen MR) is 109 cm³/mol. The van der Waals surface area contributed by atoms with Crippen molar-refractivity contribution >= 4 is 11.8 Å². The van der Waals surface area contributed by atoms with Crippen molar-refractivity contribution in [2.45, 2.75) is 32.2 Å². The molecule has 28 heavy (non-hydrogen) atoms. The van der Waals surface area contributed by atoms with Crippen molar-refractivity contribution in [2.75, 3.05) is 30.4 Å². The second kappa shape index (κ2) is 8.73. The van der Waals surface area contributed by atoms with Crippen molar-refractivity contribution in [1.82, 2.24) is 15.1 Å². The third-order valence-corrected chi connectivity index (χ3v) is 4.94. The lowest BCUT2D eigenvalue weighted by atomic mass is 10.2. The van der Waals surface area contributed by atoms with Gasteiger partial charge in [0.2, 0.25) is 5.82 Å². The van der Waals surface area contributed by atoms with Crippen molar-refractivity contribution in [2.24, 2.45) is 0 Å². The lowest BCUT2D eigenvalue weighted by molar-refractivity contribution is 0.414. The zero-order valence-electron chi connectivity index (χ0n) is 16.1. The molecule has 3 heterocycles. The SMILES string of the molecule is COc1cccc(-c2noc(NCc3ccc(N4CCCCCC4)nc3)n2)c1. The van der Waals surface area contributed by atoms with Gasteiger partial charge in [-0.2, -0.15) is 4.98 Å². The minimum atomic E-state index is 0.384. The Morgan fingerprint density at radius 3 is 2.71 bits per heavy atom. The number of ether oxygens (including phenoxy) is 1. The smallest absolute Gasteiger partial charge is 0.322 e. The topological polar surface area (TPSA) is 76.3 Å². The molecule has 0 spiro atoms. The van der Waals surface area contributed by atoms with E-state index < -0.39 is 0 Å². The molecule has 0 radical (unpaired) electrons. The summed E-state index contributed by atoms with van der Waals surface area (Å²) in [5.74, 6) is 2.34. The summed E-state index contributed by atoms with van der Waals surface area (Å²) in [6, 6.07) is 12.1. The van der Waals surface area contributed by atoms with E-state index in [-0.39, 0.29) is 0 Å². The van der Waals surface area contributed by atoms with E-state index in [0.29, 0.717) is 18.4 Å². The van der Waals surface area contributed by atoms with Gasteiger partial charge in [0, 0.05) is 31.4 Å². The van der Waals surface area contributed by atoms with Crippen LogP contribution in [-0.4, -0.2) is 35.3 Å². The molecular formula is C21H25N5O2. The lowest BCUT2D eigenvalue weighted by Gasteiger charge is -2.21. The highest BCUT2D eigenvalue weighted by Crippen LogP contribution is 2.22. The molecule has 146 valence electrons. The number of methoxy groups -OCH3 is 1. The van der Waals surface area contributed by atoms with Crippen LogP contribution in [0, 0.1) is 0 Å². The van der Waals surface area contributed by atoms with Crippen LogP contribution in [0.25, 0.3) is 11.4 Å². The second-order valence-corrected chi connectivity index (χ2v) is 6.93. The highest BCUT2D eigenvalue weighted by atomic mass is 16.5. The van der Waals surface area contributed by atoms with Crippen molar-refractivity contribution < 1.29 is 9.26 Å². The minimum Gasteiger partial charge on any atom is -0.497 e. The third kappa shape index (κ3) is 4.42. The second-order valence-electron chi connectivity index (χ2n) is 6.93. The van der Waals surface area contributed by atoms with Crippen LogP contribution in [0.1, 0.15) is 31.2 Å². The fourth-order valence-electron chi connectivity index (χ4n) is 3.36. The van der Waals surface area contributed by atoms with Gasteiger partial charge in [-0.15, -0.1) is 0 Å². The van der Waals surface area contributed by atoms with Gasteiger partial charge in [0.15, 0.2) is 0 Å². The molecular weight excluding hydrogens is 354 g/mol. The maximum Gasteiger partial charge on any atom is 0.322 e. The van der Waals surface area contributed by atoms with Gasteiger partial charge >= 0.3 is 6.01 Å². The zero-order valence-corrected chi connectivity index (χ0v) is 16.1. The fraction of sp³-hybridized carbons (Fsp3) is 0.381. The van der Waals surface area contributed by atoms with Crippen LogP contribution in [0.5, 0.6) is 5.75 Å². The van der Waals surface area contributed by atoms with Crippen LogP contribution in [0.2, 0.25) is 0 Å². The molecule has 7 nitrogen and oxygen atoms in total. The van der Waals surface area contributed by atoms with Crippen molar-refractivity contribution in [3.63, 3.8) is 0 Å². The highest BCUT2D eigenvalue weighted by molar-refractivity contribution is 5.57. The number of nitrogens with one attached hydrogen (secondary N) is 1. The molecule has 0 unspecified atom stereocenters. The number of hydrogen-bond acceptors (Lipinski definition) is 7. The summed E-state index contributed by atoms with van der Waals surface area (Å²) >= 11 is 0. The summed E-state index contributed by atoms with van der Waals surface area (Å²) in [4.78, 5) is 11.4. The van der Waals surface area contributed by atoms with E-state index in [4.69, 9.17) is 9.26 Å². The first-order chi connectivity index (χ1) is 13.8. The molecule has 0 atom stereocenters. The van der Waals surface area contributed by atoms with Crippen molar-refractivity contribution in [3.05, 3.63) is 48.2 Å². The molecule has 1 fully saturated rings. The summed E-state index contributed by atoms with van der Waals surface area (Å²) in [5, 5.41) is 7.20. The van der Waals surface area contributed by atoms with Crippen LogP contribution in [0.4, 0.5) is 11.8 Å². The molecule has 7 heteroatoms. The van der Waals surface area contributed by atoms with Gasteiger partial charge in [-0.1, -0.05) is 36.2 Å². The molecule has 0 aliphatic carbocycles. The standard InChI is InChI=1S/C21H25N5O2/c1-27-18-8-6-7-17(13-18)20-24-21(28-25-20)23-15-16-9-10-19(22-14-16)26-11-4-2-3-5-12-26/h6-10,13-14H,2-5,11-12,15H2,1H3,(H,23,24,25). The van der Waals surface area contributed by atoms with E-state index in [0.717, 1.165) is 35.8 Å². The summed E-state index contributed by atoms with van der Waals surface area (Å²) in [6.45, 7) is 2.77. The first kappa shape index (κ1) is 18.3. The normalized spacial score (nSPS) is 14.5. The summed E-state index contributed by atoms with van der Waals surface area (Å²) in [7, 11) is 1.63. The molecule has 0 saturated carbocycles. The van der Waals surface area contributed by atoms with E-state index in [2.05, 4.69) is 37.5 Å². The third-order valence-electron chi connectivity index (χ3n) is 4.94. The largest absolute Gasteiger partial charge is 0.497 e. The molecule has 1 aliphatic rings. The molecule has 0 amide bonds. The number of aromatic nitrogens is 3. The van der Waals surface area contributed by atoms with Gasteiger partial charge in [-0.25, -0.2) is 4.98 Å². The van der Waals surface area contributed by atoms with Crippen LogP contribution in [-0.2, 0) is 6.54 Å². The summed E-state index contributed by atoms with van der Waals surface area (Å²) < 4.78 is 10.5. The van der Waals surface area contributed by atoms with E-state index in [1.54, 1.807) is 7.11 Å². The van der Waals surface area contributed by atoms with E-state index >= 15 is 0 Å². The molecule has 0 bridgehead atoms. The number of pyridine rings is 1. The predicted octanol–water partition coefficient (Wildman–Crippen LogP) is 4.13. The van der Waals surface area contributed by atoms with E-state index in [1.807, 2.05) is 30.5 Å². The molecule has 1 N–H and O–H groups in total. The molecule has 1 aliphatic heterocycles. The number of anilines is 2. The monoisotopic (exact) mass is 379 g/mol. The van der Waals surface area contributed by atoms with E-state index in [1.165, 1.54) is 25.7 Å². The fourth-order valence-corrected chi connectivity index (χ4v) is 3.36.